The molecule has 0 spiro atoms. The number of hydrogen-bond donors (Lipinski definition) is 0. The van der Waals surface area contributed by atoms with Crippen molar-refractivity contribution in [2.45, 2.75) is 44.9 Å². The van der Waals surface area contributed by atoms with E-state index in [4.69, 9.17) is 14.2 Å². The standard InChI is InChI=1S/C18H22N2O8/c1-18(2,3)28-17(23)19-10-13(9-14(19)16(22)26-4)27-15(21)11-5-7-12(8-6-11)20(24)25/h5-8,13-14H,9-10H2,1-4H3/t13-,14-/m0/s1. The van der Waals surface area contributed by atoms with Gasteiger partial charge in [0.2, 0.25) is 0 Å². The van der Waals surface area contributed by atoms with Gasteiger partial charge in [0.15, 0.2) is 0 Å². The van der Waals surface area contributed by atoms with E-state index in [1.54, 1.807) is 20.8 Å². The van der Waals surface area contributed by atoms with Crippen LogP contribution in [-0.4, -0.2) is 59.3 Å². The van der Waals surface area contributed by atoms with Gasteiger partial charge in [0.25, 0.3) is 5.69 Å². The molecule has 0 aliphatic carbocycles. The molecule has 1 fully saturated rings. The van der Waals surface area contributed by atoms with Crippen LogP contribution in [0.3, 0.4) is 0 Å². The Morgan fingerprint density at radius 1 is 1.18 bits per heavy atom. The van der Waals surface area contributed by atoms with Crippen molar-refractivity contribution in [1.29, 1.82) is 0 Å². The highest BCUT2D eigenvalue weighted by molar-refractivity contribution is 5.90. The average Bonchev–Trinajstić information content (AvgIpc) is 3.03. The van der Waals surface area contributed by atoms with Crippen LogP contribution in [0.4, 0.5) is 10.5 Å². The number of non-ortho nitro benzene ring substituents is 1. The molecule has 1 amide bonds. The van der Waals surface area contributed by atoms with E-state index < -0.39 is 40.7 Å². The van der Waals surface area contributed by atoms with Gasteiger partial charge in [-0.05, 0) is 32.9 Å². The summed E-state index contributed by atoms with van der Waals surface area (Å²) in [5.41, 5.74) is -0.791. The maximum absolute atomic E-state index is 12.4. The predicted molar refractivity (Wildman–Crippen MR) is 95.7 cm³/mol. The van der Waals surface area contributed by atoms with E-state index in [9.17, 15) is 24.5 Å². The summed E-state index contributed by atoms with van der Waals surface area (Å²) >= 11 is 0. The lowest BCUT2D eigenvalue weighted by atomic mass is 10.2. The Labute approximate surface area is 161 Å². The number of hydrogen-bond acceptors (Lipinski definition) is 8. The zero-order valence-corrected chi connectivity index (χ0v) is 16.0. The maximum atomic E-state index is 12.4. The second-order valence-electron chi connectivity index (χ2n) is 7.24. The molecule has 1 saturated heterocycles. The summed E-state index contributed by atoms with van der Waals surface area (Å²) in [6.07, 6.45) is -1.40. The second kappa shape index (κ2) is 8.24. The van der Waals surface area contributed by atoms with Gasteiger partial charge in [-0.25, -0.2) is 14.4 Å². The molecule has 0 radical (unpaired) electrons. The summed E-state index contributed by atoms with van der Waals surface area (Å²) in [4.78, 5) is 48.0. The van der Waals surface area contributed by atoms with Gasteiger partial charge < -0.3 is 14.2 Å². The summed E-state index contributed by atoms with van der Waals surface area (Å²) in [6.45, 7) is 5.05. The maximum Gasteiger partial charge on any atom is 0.411 e. The summed E-state index contributed by atoms with van der Waals surface area (Å²) < 4.78 is 15.4. The number of benzene rings is 1. The van der Waals surface area contributed by atoms with Gasteiger partial charge >= 0.3 is 18.0 Å². The molecule has 152 valence electrons. The van der Waals surface area contributed by atoms with E-state index in [0.29, 0.717) is 0 Å². The lowest BCUT2D eigenvalue weighted by Gasteiger charge is -2.27. The molecule has 1 aromatic carbocycles. The van der Waals surface area contributed by atoms with E-state index in [2.05, 4.69) is 0 Å². The number of carbonyl (C=O) groups excluding carboxylic acids is 3. The van der Waals surface area contributed by atoms with Gasteiger partial charge in [-0.1, -0.05) is 0 Å². The lowest BCUT2D eigenvalue weighted by Crippen LogP contribution is -2.44. The first-order valence-corrected chi connectivity index (χ1v) is 8.54. The number of nitrogens with zero attached hydrogens (tertiary/aromatic N) is 2. The second-order valence-corrected chi connectivity index (χ2v) is 7.24. The fraction of sp³-hybridized carbons (Fsp3) is 0.500. The Morgan fingerprint density at radius 3 is 2.29 bits per heavy atom. The molecule has 2 atom stereocenters. The molecular formula is C18H22N2O8. The van der Waals surface area contributed by atoms with Crippen LogP contribution >= 0.6 is 0 Å². The first-order chi connectivity index (χ1) is 13.0. The van der Waals surface area contributed by atoms with Crippen molar-refractivity contribution in [3.05, 3.63) is 39.9 Å². The quantitative estimate of drug-likeness (QED) is 0.330. The number of methoxy groups -OCH3 is 1. The zero-order chi connectivity index (χ0) is 21.1. The normalized spacial score (nSPS) is 19.1. The van der Waals surface area contributed by atoms with Crippen molar-refractivity contribution in [2.24, 2.45) is 0 Å². The fourth-order valence-corrected chi connectivity index (χ4v) is 2.70. The van der Waals surface area contributed by atoms with Crippen LogP contribution in [0.1, 0.15) is 37.6 Å². The molecule has 1 heterocycles. The van der Waals surface area contributed by atoms with Crippen molar-refractivity contribution < 1.29 is 33.5 Å². The summed E-state index contributed by atoms with van der Waals surface area (Å²) in [5.74, 6) is -1.35. The van der Waals surface area contributed by atoms with Crippen LogP contribution < -0.4 is 0 Å². The van der Waals surface area contributed by atoms with Crippen LogP contribution in [0.2, 0.25) is 0 Å². The molecule has 1 aliphatic heterocycles. The number of carbonyl (C=O) groups is 3. The van der Waals surface area contributed by atoms with E-state index >= 15 is 0 Å². The Bertz CT molecular complexity index is 769. The number of likely N-dealkylation sites (tertiary alicyclic amines) is 1. The number of ether oxygens (including phenoxy) is 3. The van der Waals surface area contributed by atoms with Gasteiger partial charge in [0, 0.05) is 18.6 Å². The minimum absolute atomic E-state index is 0.0343. The zero-order valence-electron chi connectivity index (χ0n) is 16.0. The molecule has 1 aromatic rings. The fourth-order valence-electron chi connectivity index (χ4n) is 2.70. The molecule has 0 bridgehead atoms. The molecule has 0 N–H and O–H groups in total. The molecule has 2 rings (SSSR count). The van der Waals surface area contributed by atoms with Crippen molar-refractivity contribution in [3.63, 3.8) is 0 Å². The van der Waals surface area contributed by atoms with Crippen molar-refractivity contribution >= 4 is 23.7 Å². The van der Waals surface area contributed by atoms with Crippen LogP contribution in [0.15, 0.2) is 24.3 Å². The van der Waals surface area contributed by atoms with Gasteiger partial charge in [0.05, 0.1) is 24.1 Å². The first-order valence-electron chi connectivity index (χ1n) is 8.54. The van der Waals surface area contributed by atoms with Crippen LogP contribution in [-0.2, 0) is 19.0 Å². The number of esters is 2. The van der Waals surface area contributed by atoms with Gasteiger partial charge in [-0.2, -0.15) is 0 Å². The smallest absolute Gasteiger partial charge is 0.411 e. The molecule has 1 aliphatic rings. The third kappa shape index (κ3) is 5.18. The number of nitro benzene ring substituents is 1. The molecular weight excluding hydrogens is 372 g/mol. The van der Waals surface area contributed by atoms with E-state index in [0.717, 1.165) is 0 Å². The average molecular weight is 394 g/mol. The minimum atomic E-state index is -0.936. The van der Waals surface area contributed by atoms with E-state index in [1.165, 1.54) is 36.3 Å². The van der Waals surface area contributed by atoms with Gasteiger partial charge in [-0.3, -0.25) is 15.0 Å². The summed E-state index contributed by atoms with van der Waals surface area (Å²) in [6, 6.07) is 4.00. The topological polar surface area (TPSA) is 125 Å². The van der Waals surface area contributed by atoms with Crippen LogP contribution in [0, 0.1) is 10.1 Å². The van der Waals surface area contributed by atoms with Crippen LogP contribution in [0.5, 0.6) is 0 Å². The summed E-state index contributed by atoms with van der Waals surface area (Å²) in [5, 5.41) is 10.7. The van der Waals surface area contributed by atoms with E-state index in [-0.39, 0.29) is 24.2 Å². The van der Waals surface area contributed by atoms with Crippen LogP contribution in [0.25, 0.3) is 0 Å². The molecule has 28 heavy (non-hydrogen) atoms. The Kier molecular flexibility index (Phi) is 6.22. The predicted octanol–water partition coefficient (Wildman–Crippen LogP) is 2.30. The minimum Gasteiger partial charge on any atom is -0.467 e. The number of rotatable bonds is 4. The third-order valence-electron chi connectivity index (χ3n) is 3.95. The molecule has 10 nitrogen and oxygen atoms in total. The highest BCUT2D eigenvalue weighted by Gasteiger charge is 2.43. The summed E-state index contributed by atoms with van der Waals surface area (Å²) in [7, 11) is 1.20. The number of amides is 1. The van der Waals surface area contributed by atoms with Gasteiger partial charge in [0.1, 0.15) is 17.7 Å². The van der Waals surface area contributed by atoms with Gasteiger partial charge in [-0.15, -0.1) is 0 Å². The van der Waals surface area contributed by atoms with E-state index in [1.807, 2.05) is 0 Å². The molecule has 0 aromatic heterocycles. The van der Waals surface area contributed by atoms with Crippen molar-refractivity contribution in [1.82, 2.24) is 4.90 Å². The largest absolute Gasteiger partial charge is 0.467 e. The lowest BCUT2D eigenvalue weighted by molar-refractivity contribution is -0.384. The molecule has 10 heteroatoms. The Hall–Kier alpha value is -3.17. The Balaban J connectivity index is 2.09. The highest BCUT2D eigenvalue weighted by Crippen LogP contribution is 2.25. The Morgan fingerprint density at radius 2 is 1.79 bits per heavy atom. The van der Waals surface area contributed by atoms with Crippen molar-refractivity contribution in [3.8, 4) is 0 Å². The first kappa shape index (κ1) is 21.1. The SMILES string of the molecule is COC(=O)[C@@H]1C[C@H](OC(=O)c2ccc([N+](=O)[O-])cc2)CN1C(=O)OC(C)(C)C. The monoisotopic (exact) mass is 394 g/mol. The molecule has 0 unspecified atom stereocenters. The molecule has 0 saturated carbocycles. The van der Waals surface area contributed by atoms with Crippen molar-refractivity contribution in [2.75, 3.05) is 13.7 Å². The highest BCUT2D eigenvalue weighted by atomic mass is 16.6. The third-order valence-corrected chi connectivity index (χ3v) is 3.95. The number of nitro groups is 1.